The second kappa shape index (κ2) is 6.51. The highest BCUT2D eigenvalue weighted by Crippen LogP contribution is 2.29. The van der Waals surface area contributed by atoms with E-state index < -0.39 is 17.7 Å². The number of hydrogen-bond donors (Lipinski definition) is 2. The van der Waals surface area contributed by atoms with Crippen molar-refractivity contribution < 1.29 is 22.7 Å². The summed E-state index contributed by atoms with van der Waals surface area (Å²) in [5, 5.41) is 0.558. The SMILES string of the molecule is Nc1nc(N)c2cc(COC(=O)c3ccc(C(F)(F)F)cc3)ccc2n1. The second-order valence-corrected chi connectivity index (χ2v) is 5.47. The molecule has 4 N–H and O–H groups in total. The van der Waals surface area contributed by atoms with E-state index in [0.717, 1.165) is 24.3 Å². The van der Waals surface area contributed by atoms with E-state index in [9.17, 15) is 18.0 Å². The lowest BCUT2D eigenvalue weighted by molar-refractivity contribution is -0.137. The smallest absolute Gasteiger partial charge is 0.416 e. The van der Waals surface area contributed by atoms with Crippen LogP contribution in [0, 0.1) is 0 Å². The van der Waals surface area contributed by atoms with Gasteiger partial charge in [0.1, 0.15) is 12.4 Å². The molecule has 1 aromatic heterocycles. The fraction of sp³-hybridized carbons (Fsp3) is 0.118. The molecule has 0 bridgehead atoms. The van der Waals surface area contributed by atoms with Crippen LogP contribution in [0.3, 0.4) is 0 Å². The minimum absolute atomic E-state index is 0.0226. The Labute approximate surface area is 145 Å². The number of alkyl halides is 3. The number of nitrogens with two attached hydrogens (primary N) is 2. The maximum atomic E-state index is 12.5. The van der Waals surface area contributed by atoms with Crippen LogP contribution in [0.15, 0.2) is 42.5 Å². The summed E-state index contributed by atoms with van der Waals surface area (Å²) in [6.45, 7) is -0.0837. The van der Waals surface area contributed by atoms with Crippen molar-refractivity contribution in [2.45, 2.75) is 12.8 Å². The normalized spacial score (nSPS) is 11.5. The molecule has 0 amide bonds. The van der Waals surface area contributed by atoms with Gasteiger partial charge in [0.25, 0.3) is 0 Å². The number of carbonyl (C=O) groups is 1. The summed E-state index contributed by atoms with van der Waals surface area (Å²) < 4.78 is 42.7. The monoisotopic (exact) mass is 362 g/mol. The van der Waals surface area contributed by atoms with Crippen molar-refractivity contribution in [3.05, 3.63) is 59.2 Å². The van der Waals surface area contributed by atoms with Crippen molar-refractivity contribution in [3.63, 3.8) is 0 Å². The van der Waals surface area contributed by atoms with Crippen LogP contribution in [-0.4, -0.2) is 15.9 Å². The van der Waals surface area contributed by atoms with E-state index >= 15 is 0 Å². The number of aromatic nitrogens is 2. The predicted octanol–water partition coefficient (Wildman–Crippen LogP) is 3.17. The average Bonchev–Trinajstić information content (AvgIpc) is 2.59. The minimum atomic E-state index is -4.46. The molecule has 0 unspecified atom stereocenters. The quantitative estimate of drug-likeness (QED) is 0.694. The van der Waals surface area contributed by atoms with Gasteiger partial charge in [-0.2, -0.15) is 18.2 Å². The Balaban J connectivity index is 1.72. The number of benzene rings is 2. The Morgan fingerprint density at radius 3 is 2.38 bits per heavy atom. The molecular weight excluding hydrogens is 349 g/mol. The molecule has 0 aliphatic heterocycles. The van der Waals surface area contributed by atoms with Crippen LogP contribution in [0.4, 0.5) is 24.9 Å². The number of rotatable bonds is 3. The number of esters is 1. The molecule has 134 valence electrons. The van der Waals surface area contributed by atoms with Gasteiger partial charge in [0.2, 0.25) is 5.95 Å². The molecule has 2 aromatic carbocycles. The molecule has 0 atom stereocenters. The first-order valence-corrected chi connectivity index (χ1v) is 7.40. The molecule has 6 nitrogen and oxygen atoms in total. The Kier molecular flexibility index (Phi) is 4.37. The molecule has 9 heteroatoms. The molecular formula is C17H13F3N4O2. The molecule has 0 radical (unpaired) electrons. The van der Waals surface area contributed by atoms with Crippen LogP contribution in [0.2, 0.25) is 0 Å². The van der Waals surface area contributed by atoms with Crippen LogP contribution in [0.5, 0.6) is 0 Å². The molecule has 0 saturated carbocycles. The van der Waals surface area contributed by atoms with Gasteiger partial charge in [0.15, 0.2) is 0 Å². The van der Waals surface area contributed by atoms with Crippen molar-refractivity contribution in [1.29, 1.82) is 0 Å². The summed E-state index contributed by atoms with van der Waals surface area (Å²) in [6, 6.07) is 8.79. The number of nitrogens with zero attached hydrogens (tertiary/aromatic N) is 2. The molecule has 1 heterocycles. The van der Waals surface area contributed by atoms with Crippen molar-refractivity contribution in [3.8, 4) is 0 Å². The third-order valence-corrected chi connectivity index (χ3v) is 3.62. The van der Waals surface area contributed by atoms with Gasteiger partial charge >= 0.3 is 12.1 Å². The summed E-state index contributed by atoms with van der Waals surface area (Å²) in [5.74, 6) is -0.486. The number of nitrogen functional groups attached to an aromatic ring is 2. The van der Waals surface area contributed by atoms with Crippen LogP contribution in [-0.2, 0) is 17.5 Å². The third-order valence-electron chi connectivity index (χ3n) is 3.62. The zero-order valence-corrected chi connectivity index (χ0v) is 13.2. The van der Waals surface area contributed by atoms with Gasteiger partial charge in [-0.3, -0.25) is 0 Å². The standard InChI is InChI=1S/C17H13F3N4O2/c18-17(19,20)11-4-2-10(3-5-11)15(25)26-8-9-1-6-13-12(7-9)14(21)24-16(22)23-13/h1-7H,8H2,(H4,21,22,23,24). The lowest BCUT2D eigenvalue weighted by Crippen LogP contribution is -2.08. The van der Waals surface area contributed by atoms with E-state index in [4.69, 9.17) is 16.2 Å². The van der Waals surface area contributed by atoms with Gasteiger partial charge in [0.05, 0.1) is 16.6 Å². The molecule has 0 fully saturated rings. The maximum absolute atomic E-state index is 12.5. The zero-order valence-electron chi connectivity index (χ0n) is 13.2. The average molecular weight is 362 g/mol. The Morgan fingerprint density at radius 1 is 1.04 bits per heavy atom. The summed E-state index contributed by atoms with van der Waals surface area (Å²) in [5.41, 5.74) is 11.7. The first-order valence-electron chi connectivity index (χ1n) is 7.40. The van der Waals surface area contributed by atoms with E-state index in [1.807, 2.05) is 0 Å². The fourth-order valence-electron chi connectivity index (χ4n) is 2.34. The minimum Gasteiger partial charge on any atom is -0.457 e. The summed E-state index contributed by atoms with van der Waals surface area (Å²) in [7, 11) is 0. The number of hydrogen-bond acceptors (Lipinski definition) is 6. The van der Waals surface area contributed by atoms with Crippen molar-refractivity contribution >= 4 is 28.6 Å². The Bertz CT molecular complexity index is 972. The van der Waals surface area contributed by atoms with Gasteiger partial charge in [0, 0.05) is 5.39 Å². The number of halogens is 3. The van der Waals surface area contributed by atoms with E-state index in [2.05, 4.69) is 9.97 Å². The molecule has 0 saturated heterocycles. The van der Waals surface area contributed by atoms with Crippen LogP contribution in [0.25, 0.3) is 10.9 Å². The number of ether oxygens (including phenoxy) is 1. The largest absolute Gasteiger partial charge is 0.457 e. The first kappa shape index (κ1) is 17.5. The van der Waals surface area contributed by atoms with Crippen molar-refractivity contribution in [2.24, 2.45) is 0 Å². The summed E-state index contributed by atoms with van der Waals surface area (Å²) in [6.07, 6.45) is -4.46. The van der Waals surface area contributed by atoms with Gasteiger partial charge in [-0.15, -0.1) is 0 Å². The van der Waals surface area contributed by atoms with Gasteiger partial charge in [-0.05, 0) is 42.0 Å². The molecule has 0 spiro atoms. The van der Waals surface area contributed by atoms with Crippen LogP contribution >= 0.6 is 0 Å². The maximum Gasteiger partial charge on any atom is 0.416 e. The lowest BCUT2D eigenvalue weighted by atomic mass is 10.1. The zero-order chi connectivity index (χ0) is 18.9. The van der Waals surface area contributed by atoms with E-state index in [-0.39, 0.29) is 23.9 Å². The molecule has 26 heavy (non-hydrogen) atoms. The van der Waals surface area contributed by atoms with Gasteiger partial charge in [-0.25, -0.2) is 9.78 Å². The summed E-state index contributed by atoms with van der Waals surface area (Å²) in [4.78, 5) is 19.9. The van der Waals surface area contributed by atoms with Crippen LogP contribution < -0.4 is 11.5 Å². The highest BCUT2D eigenvalue weighted by molar-refractivity contribution is 5.90. The molecule has 3 rings (SSSR count). The predicted molar refractivity (Wildman–Crippen MR) is 88.9 cm³/mol. The number of anilines is 2. The summed E-state index contributed by atoms with van der Waals surface area (Å²) >= 11 is 0. The topological polar surface area (TPSA) is 104 Å². The number of fused-ring (bicyclic) bond motifs is 1. The first-order chi connectivity index (χ1) is 12.2. The van der Waals surface area contributed by atoms with E-state index in [1.54, 1.807) is 18.2 Å². The molecule has 0 aliphatic carbocycles. The Morgan fingerprint density at radius 2 is 1.73 bits per heavy atom. The lowest BCUT2D eigenvalue weighted by Gasteiger charge is -2.09. The van der Waals surface area contributed by atoms with Crippen molar-refractivity contribution in [1.82, 2.24) is 9.97 Å². The Hall–Kier alpha value is -3.36. The van der Waals surface area contributed by atoms with E-state index in [1.165, 1.54) is 0 Å². The molecule has 0 aliphatic rings. The molecule has 3 aromatic rings. The third kappa shape index (κ3) is 3.66. The fourth-order valence-corrected chi connectivity index (χ4v) is 2.34. The van der Waals surface area contributed by atoms with E-state index in [0.29, 0.717) is 16.5 Å². The van der Waals surface area contributed by atoms with Gasteiger partial charge < -0.3 is 16.2 Å². The highest BCUT2D eigenvalue weighted by Gasteiger charge is 2.30. The van der Waals surface area contributed by atoms with Crippen LogP contribution in [0.1, 0.15) is 21.5 Å². The second-order valence-electron chi connectivity index (χ2n) is 5.47. The van der Waals surface area contributed by atoms with Crippen molar-refractivity contribution in [2.75, 3.05) is 11.5 Å². The van der Waals surface area contributed by atoms with Gasteiger partial charge in [-0.1, -0.05) is 6.07 Å². The highest BCUT2D eigenvalue weighted by atomic mass is 19.4. The number of carbonyl (C=O) groups excluding carboxylic acids is 1.